The van der Waals surface area contributed by atoms with Gasteiger partial charge in [0.25, 0.3) is 5.91 Å². The zero-order valence-corrected chi connectivity index (χ0v) is 14.6. The lowest BCUT2D eigenvalue weighted by Gasteiger charge is -2.26. The van der Waals surface area contributed by atoms with Gasteiger partial charge in [0.05, 0.1) is 12.2 Å². The number of rotatable bonds is 2. The molecular weight excluding hydrogens is 335 g/mol. The molecule has 0 atom stereocenters. The summed E-state index contributed by atoms with van der Waals surface area (Å²) in [5.74, 6) is -0.390. The van der Waals surface area contributed by atoms with Crippen LogP contribution in [0.3, 0.4) is 0 Å². The Morgan fingerprint density at radius 1 is 1.12 bits per heavy atom. The van der Waals surface area contributed by atoms with Crippen molar-refractivity contribution in [2.45, 2.75) is 19.9 Å². The summed E-state index contributed by atoms with van der Waals surface area (Å²) >= 11 is 1.65. The van der Waals surface area contributed by atoms with Crippen molar-refractivity contribution < 1.29 is 9.18 Å². The molecule has 3 nitrogen and oxygen atoms in total. The number of aryl methyl sites for hydroxylation is 1. The Kier molecular flexibility index (Phi) is 4.09. The highest BCUT2D eigenvalue weighted by molar-refractivity contribution is 7.15. The van der Waals surface area contributed by atoms with E-state index < -0.39 is 0 Å². The summed E-state index contributed by atoms with van der Waals surface area (Å²) in [6, 6.07) is 14.1. The molecule has 0 aliphatic carbocycles. The molecule has 0 radical (unpaired) electrons. The quantitative estimate of drug-likeness (QED) is 0.682. The van der Waals surface area contributed by atoms with E-state index in [4.69, 9.17) is 4.98 Å². The fourth-order valence-electron chi connectivity index (χ4n) is 2.96. The van der Waals surface area contributed by atoms with Crippen molar-refractivity contribution >= 4 is 17.2 Å². The van der Waals surface area contributed by atoms with Crippen LogP contribution < -0.4 is 0 Å². The van der Waals surface area contributed by atoms with E-state index in [1.807, 2.05) is 4.90 Å². The molecule has 0 saturated carbocycles. The van der Waals surface area contributed by atoms with E-state index in [0.717, 1.165) is 27.6 Å². The third kappa shape index (κ3) is 3.20. The van der Waals surface area contributed by atoms with Crippen LogP contribution in [0.1, 0.15) is 26.5 Å². The summed E-state index contributed by atoms with van der Waals surface area (Å²) < 4.78 is 13.0. The Balaban J connectivity index is 1.56. The Morgan fingerprint density at radius 3 is 2.56 bits per heavy atom. The summed E-state index contributed by atoms with van der Waals surface area (Å²) in [7, 11) is 0. The average Bonchev–Trinajstić information content (AvgIpc) is 3.05. The molecule has 1 amide bonds. The average molecular weight is 352 g/mol. The minimum absolute atomic E-state index is 0.0593. The van der Waals surface area contributed by atoms with Crippen molar-refractivity contribution in [2.24, 2.45) is 0 Å². The lowest BCUT2D eigenvalue weighted by molar-refractivity contribution is 0.0736. The topological polar surface area (TPSA) is 33.2 Å². The largest absolute Gasteiger partial charge is 0.333 e. The van der Waals surface area contributed by atoms with Gasteiger partial charge in [0.1, 0.15) is 10.8 Å². The number of aromatic nitrogens is 1. The summed E-state index contributed by atoms with van der Waals surface area (Å²) in [5, 5.41) is 1.00. The predicted molar refractivity (Wildman–Crippen MR) is 97.1 cm³/mol. The first-order valence-corrected chi connectivity index (χ1v) is 9.02. The lowest BCUT2D eigenvalue weighted by atomic mass is 10.1. The van der Waals surface area contributed by atoms with Gasteiger partial charge in [0, 0.05) is 29.0 Å². The zero-order valence-electron chi connectivity index (χ0n) is 13.8. The highest BCUT2D eigenvalue weighted by Gasteiger charge is 2.25. The predicted octanol–water partition coefficient (Wildman–Crippen LogP) is 4.46. The Labute approximate surface area is 149 Å². The zero-order chi connectivity index (χ0) is 17.4. The highest BCUT2D eigenvalue weighted by Crippen LogP contribution is 2.32. The molecule has 0 fully saturated rings. The van der Waals surface area contributed by atoms with Crippen LogP contribution in [0.2, 0.25) is 0 Å². The second-order valence-electron chi connectivity index (χ2n) is 6.24. The van der Waals surface area contributed by atoms with Crippen LogP contribution in [0.15, 0.2) is 48.5 Å². The van der Waals surface area contributed by atoms with Gasteiger partial charge in [-0.05, 0) is 31.2 Å². The van der Waals surface area contributed by atoms with Crippen molar-refractivity contribution in [2.75, 3.05) is 6.54 Å². The second kappa shape index (κ2) is 6.41. The molecule has 0 N–H and O–H groups in total. The molecule has 25 heavy (non-hydrogen) atoms. The number of hydrogen-bond acceptors (Lipinski definition) is 3. The molecule has 2 aromatic carbocycles. The van der Waals surface area contributed by atoms with Crippen molar-refractivity contribution in [3.8, 4) is 10.6 Å². The molecule has 1 aliphatic heterocycles. The number of carbonyl (C=O) groups excluding carboxylic acids is 1. The molecule has 1 aliphatic rings. The maximum Gasteiger partial charge on any atom is 0.254 e. The van der Waals surface area contributed by atoms with E-state index in [1.165, 1.54) is 29.8 Å². The highest BCUT2D eigenvalue weighted by atomic mass is 32.1. The number of hydrogen-bond donors (Lipinski definition) is 0. The van der Waals surface area contributed by atoms with E-state index in [-0.39, 0.29) is 11.7 Å². The van der Waals surface area contributed by atoms with Crippen molar-refractivity contribution in [1.29, 1.82) is 0 Å². The Morgan fingerprint density at radius 2 is 1.84 bits per heavy atom. The van der Waals surface area contributed by atoms with Gasteiger partial charge >= 0.3 is 0 Å². The summed E-state index contributed by atoms with van der Waals surface area (Å²) in [5.41, 5.74) is 3.94. The number of halogens is 1. The molecular formula is C20H17FN2OS. The van der Waals surface area contributed by atoms with Gasteiger partial charge in [0.15, 0.2) is 0 Å². The molecule has 2 heterocycles. The number of nitrogens with zero attached hydrogens (tertiary/aromatic N) is 2. The second-order valence-corrected chi connectivity index (χ2v) is 7.32. The number of fused-ring (bicyclic) bond motifs is 1. The lowest BCUT2D eigenvalue weighted by Crippen LogP contribution is -2.35. The van der Waals surface area contributed by atoms with Crippen LogP contribution in [-0.2, 0) is 13.0 Å². The molecule has 0 bridgehead atoms. The van der Waals surface area contributed by atoms with Crippen LogP contribution in [0.25, 0.3) is 10.6 Å². The smallest absolute Gasteiger partial charge is 0.254 e. The minimum atomic E-state index is -0.331. The molecule has 126 valence electrons. The van der Waals surface area contributed by atoms with Crippen molar-refractivity contribution in [1.82, 2.24) is 9.88 Å². The molecule has 4 rings (SSSR count). The number of carbonyl (C=O) groups is 1. The van der Waals surface area contributed by atoms with Crippen LogP contribution in [0, 0.1) is 12.7 Å². The van der Waals surface area contributed by atoms with E-state index in [9.17, 15) is 9.18 Å². The van der Waals surface area contributed by atoms with Gasteiger partial charge in [-0.25, -0.2) is 9.37 Å². The first-order chi connectivity index (χ1) is 12.1. The van der Waals surface area contributed by atoms with Gasteiger partial charge in [-0.3, -0.25) is 4.79 Å². The van der Waals surface area contributed by atoms with Crippen molar-refractivity contribution in [3.05, 3.63) is 76.0 Å². The Bertz CT molecular complexity index is 916. The first kappa shape index (κ1) is 16.0. The summed E-state index contributed by atoms with van der Waals surface area (Å²) in [6.07, 6.45) is 0.755. The van der Waals surface area contributed by atoms with Crippen LogP contribution >= 0.6 is 11.3 Å². The number of benzene rings is 2. The Hall–Kier alpha value is -2.53. The third-order valence-corrected chi connectivity index (χ3v) is 5.54. The molecule has 0 spiro atoms. The van der Waals surface area contributed by atoms with Crippen LogP contribution in [0.5, 0.6) is 0 Å². The van der Waals surface area contributed by atoms with Crippen LogP contribution in [-0.4, -0.2) is 22.3 Å². The molecule has 0 unspecified atom stereocenters. The van der Waals surface area contributed by atoms with Crippen molar-refractivity contribution in [3.63, 3.8) is 0 Å². The van der Waals surface area contributed by atoms with E-state index in [1.54, 1.807) is 11.3 Å². The van der Waals surface area contributed by atoms with Crippen LogP contribution in [0.4, 0.5) is 4.39 Å². The third-order valence-electron chi connectivity index (χ3n) is 4.41. The summed E-state index contributed by atoms with van der Waals surface area (Å²) in [4.78, 5) is 20.3. The number of amides is 1. The van der Waals surface area contributed by atoms with E-state index in [2.05, 4.69) is 31.2 Å². The normalized spacial score (nSPS) is 13.6. The maximum atomic E-state index is 13.0. The molecule has 1 aromatic heterocycles. The molecule has 3 aromatic rings. The standard InChI is InChI=1S/C20H17FN2OS/c1-13-2-4-14(5-3-13)19-22-17-10-11-23(12-18(17)25-19)20(24)15-6-8-16(21)9-7-15/h2-9H,10-12H2,1H3. The monoisotopic (exact) mass is 352 g/mol. The van der Waals surface area contributed by atoms with Gasteiger partial charge < -0.3 is 4.90 Å². The fourth-order valence-corrected chi connectivity index (χ4v) is 4.09. The van der Waals surface area contributed by atoms with E-state index >= 15 is 0 Å². The fraction of sp³-hybridized carbons (Fsp3) is 0.200. The number of thiazole rings is 1. The van der Waals surface area contributed by atoms with Gasteiger partial charge in [-0.15, -0.1) is 11.3 Å². The van der Waals surface area contributed by atoms with Gasteiger partial charge in [0.2, 0.25) is 0 Å². The van der Waals surface area contributed by atoms with Gasteiger partial charge in [-0.1, -0.05) is 29.8 Å². The summed E-state index contributed by atoms with van der Waals surface area (Å²) in [6.45, 7) is 3.27. The maximum absolute atomic E-state index is 13.0. The molecule has 5 heteroatoms. The molecule has 0 saturated heterocycles. The SMILES string of the molecule is Cc1ccc(-c2nc3c(s2)CN(C(=O)c2ccc(F)cc2)CC3)cc1. The first-order valence-electron chi connectivity index (χ1n) is 8.20. The van der Waals surface area contributed by atoms with E-state index in [0.29, 0.717) is 18.7 Å². The van der Waals surface area contributed by atoms with Gasteiger partial charge in [-0.2, -0.15) is 0 Å². The minimum Gasteiger partial charge on any atom is -0.333 e.